The van der Waals surface area contributed by atoms with Crippen LogP contribution >= 0.6 is 22.6 Å². The van der Waals surface area contributed by atoms with E-state index in [2.05, 4.69) is 27.6 Å². The number of benzene rings is 2. The van der Waals surface area contributed by atoms with Gasteiger partial charge in [0.1, 0.15) is 5.75 Å². The van der Waals surface area contributed by atoms with Gasteiger partial charge in [-0.2, -0.15) is 0 Å². The lowest BCUT2D eigenvalue weighted by atomic mass is 10.1. The molecule has 0 spiro atoms. The molecule has 0 bridgehead atoms. The van der Waals surface area contributed by atoms with E-state index in [1.165, 1.54) is 0 Å². The number of cyclic esters (lactones) is 1. The average molecular weight is 507 g/mol. The fourth-order valence-corrected chi connectivity index (χ4v) is 3.46. The molecule has 0 saturated carbocycles. The molecule has 0 radical (unpaired) electrons. The Kier molecular flexibility index (Phi) is 6.79. The van der Waals surface area contributed by atoms with Crippen LogP contribution in [0.15, 0.2) is 47.1 Å². The first-order valence-electron chi connectivity index (χ1n) is 9.21. The first-order valence-corrected chi connectivity index (χ1v) is 10.3. The molecule has 6 nitrogen and oxygen atoms in total. The van der Waals surface area contributed by atoms with Gasteiger partial charge in [0, 0.05) is 5.56 Å². The molecule has 2 aromatic carbocycles. The van der Waals surface area contributed by atoms with Crippen molar-refractivity contribution >= 4 is 40.5 Å². The standard InChI is InChI=1S/C22H22INO5/c1-5-27-19-12-14(10-17(23)20(19)28-13(2)3)11-18-22(25)29-21(24-18)15-6-8-16(26-4)9-7-15/h6-13H,5H2,1-4H3/b18-11+. The topological polar surface area (TPSA) is 66.3 Å². The maximum absolute atomic E-state index is 12.3. The van der Waals surface area contributed by atoms with Gasteiger partial charge in [-0.3, -0.25) is 0 Å². The Hall–Kier alpha value is -2.55. The summed E-state index contributed by atoms with van der Waals surface area (Å²) in [6.45, 7) is 6.35. The number of carbonyl (C=O) groups is 1. The molecule has 2 aromatic rings. The molecule has 0 fully saturated rings. The van der Waals surface area contributed by atoms with Crippen LogP contribution in [0.3, 0.4) is 0 Å². The predicted molar refractivity (Wildman–Crippen MR) is 120 cm³/mol. The summed E-state index contributed by atoms with van der Waals surface area (Å²) in [6.07, 6.45) is 1.70. The van der Waals surface area contributed by atoms with Crippen molar-refractivity contribution in [2.24, 2.45) is 4.99 Å². The van der Waals surface area contributed by atoms with Gasteiger partial charge in [0.2, 0.25) is 5.90 Å². The number of methoxy groups -OCH3 is 1. The van der Waals surface area contributed by atoms with Crippen LogP contribution in [0.1, 0.15) is 31.9 Å². The lowest BCUT2D eigenvalue weighted by molar-refractivity contribution is -0.129. The zero-order valence-corrected chi connectivity index (χ0v) is 18.8. The van der Waals surface area contributed by atoms with E-state index >= 15 is 0 Å². The Balaban J connectivity index is 1.93. The smallest absolute Gasteiger partial charge is 0.363 e. The third-order valence-electron chi connectivity index (χ3n) is 3.95. The van der Waals surface area contributed by atoms with Gasteiger partial charge in [-0.1, -0.05) is 0 Å². The third-order valence-corrected chi connectivity index (χ3v) is 4.75. The van der Waals surface area contributed by atoms with Crippen molar-refractivity contribution in [2.45, 2.75) is 26.9 Å². The minimum Gasteiger partial charge on any atom is -0.497 e. The lowest BCUT2D eigenvalue weighted by Gasteiger charge is -2.16. The Labute approximate surface area is 183 Å². The van der Waals surface area contributed by atoms with Gasteiger partial charge >= 0.3 is 5.97 Å². The number of ether oxygens (including phenoxy) is 4. The molecule has 1 aliphatic rings. The Morgan fingerprint density at radius 1 is 1.21 bits per heavy atom. The van der Waals surface area contributed by atoms with E-state index < -0.39 is 5.97 Å². The molecule has 7 heteroatoms. The second-order valence-electron chi connectivity index (χ2n) is 6.49. The van der Waals surface area contributed by atoms with E-state index in [1.807, 2.05) is 32.9 Å². The van der Waals surface area contributed by atoms with E-state index in [1.54, 1.807) is 37.5 Å². The van der Waals surface area contributed by atoms with Gasteiger partial charge in [-0.15, -0.1) is 0 Å². The van der Waals surface area contributed by atoms with Crippen LogP contribution in [0.25, 0.3) is 6.08 Å². The zero-order chi connectivity index (χ0) is 21.0. The summed E-state index contributed by atoms with van der Waals surface area (Å²) in [5.41, 5.74) is 1.71. The predicted octanol–water partition coefficient (Wildman–Crippen LogP) is 4.83. The van der Waals surface area contributed by atoms with Crippen LogP contribution in [0.2, 0.25) is 0 Å². The van der Waals surface area contributed by atoms with Crippen LogP contribution in [-0.2, 0) is 9.53 Å². The van der Waals surface area contributed by atoms with E-state index in [-0.39, 0.29) is 17.7 Å². The highest BCUT2D eigenvalue weighted by molar-refractivity contribution is 14.1. The highest BCUT2D eigenvalue weighted by Gasteiger charge is 2.24. The molecule has 0 N–H and O–H groups in total. The number of carbonyl (C=O) groups excluding carboxylic acids is 1. The zero-order valence-electron chi connectivity index (χ0n) is 16.7. The summed E-state index contributed by atoms with van der Waals surface area (Å²) in [7, 11) is 1.60. The van der Waals surface area contributed by atoms with Crippen LogP contribution in [0.4, 0.5) is 0 Å². The second kappa shape index (κ2) is 9.30. The number of rotatable bonds is 7. The molecular weight excluding hydrogens is 485 g/mol. The monoisotopic (exact) mass is 507 g/mol. The molecule has 0 saturated heterocycles. The minimum absolute atomic E-state index is 0.0217. The molecule has 3 rings (SSSR count). The van der Waals surface area contributed by atoms with E-state index in [4.69, 9.17) is 18.9 Å². The normalized spacial score (nSPS) is 14.8. The molecule has 0 unspecified atom stereocenters. The Morgan fingerprint density at radius 2 is 1.93 bits per heavy atom. The molecule has 0 atom stereocenters. The molecule has 0 aliphatic carbocycles. The van der Waals surface area contributed by atoms with Crippen LogP contribution in [-0.4, -0.2) is 31.7 Å². The minimum atomic E-state index is -0.494. The van der Waals surface area contributed by atoms with Crippen LogP contribution in [0, 0.1) is 3.57 Å². The fourth-order valence-electron chi connectivity index (χ4n) is 2.71. The Morgan fingerprint density at radius 3 is 2.55 bits per heavy atom. The van der Waals surface area contributed by atoms with E-state index in [0.717, 1.165) is 14.9 Å². The van der Waals surface area contributed by atoms with Crippen LogP contribution in [0.5, 0.6) is 17.2 Å². The van der Waals surface area contributed by atoms with Crippen molar-refractivity contribution < 1.29 is 23.7 Å². The van der Waals surface area contributed by atoms with E-state index in [9.17, 15) is 4.79 Å². The lowest BCUT2D eigenvalue weighted by Crippen LogP contribution is -2.09. The molecule has 152 valence electrons. The van der Waals surface area contributed by atoms with Gasteiger partial charge in [-0.05, 0) is 91.4 Å². The van der Waals surface area contributed by atoms with Gasteiger partial charge in [0.25, 0.3) is 0 Å². The fraction of sp³-hybridized carbons (Fsp3) is 0.273. The summed E-state index contributed by atoms with van der Waals surface area (Å²) in [5.74, 6) is 1.82. The summed E-state index contributed by atoms with van der Waals surface area (Å²) in [6, 6.07) is 10.9. The van der Waals surface area contributed by atoms with Crippen molar-refractivity contribution in [3.63, 3.8) is 0 Å². The quantitative estimate of drug-likeness (QED) is 0.305. The third kappa shape index (κ3) is 5.09. The number of halogens is 1. The number of nitrogens with zero attached hydrogens (tertiary/aromatic N) is 1. The van der Waals surface area contributed by atoms with Gasteiger partial charge in [0.15, 0.2) is 17.2 Å². The van der Waals surface area contributed by atoms with Crippen molar-refractivity contribution in [1.29, 1.82) is 0 Å². The maximum atomic E-state index is 12.3. The average Bonchev–Trinajstić information content (AvgIpc) is 3.05. The molecule has 0 amide bonds. The maximum Gasteiger partial charge on any atom is 0.363 e. The SMILES string of the molecule is CCOc1cc(/C=C2/N=C(c3ccc(OC)cc3)OC2=O)cc(I)c1OC(C)C. The Bertz CT molecular complexity index is 964. The molecule has 1 aliphatic heterocycles. The first kappa shape index (κ1) is 21.2. The highest BCUT2D eigenvalue weighted by atomic mass is 127. The largest absolute Gasteiger partial charge is 0.497 e. The molecule has 0 aromatic heterocycles. The number of esters is 1. The number of aliphatic imine (C=N–C) groups is 1. The molecular formula is C22H22INO5. The van der Waals surface area contributed by atoms with Crippen molar-refractivity contribution in [2.75, 3.05) is 13.7 Å². The summed E-state index contributed by atoms with van der Waals surface area (Å²) in [4.78, 5) is 16.7. The van der Waals surface area contributed by atoms with Crippen molar-refractivity contribution in [1.82, 2.24) is 0 Å². The second-order valence-corrected chi connectivity index (χ2v) is 7.66. The van der Waals surface area contributed by atoms with Gasteiger partial charge in [-0.25, -0.2) is 9.79 Å². The van der Waals surface area contributed by atoms with Crippen molar-refractivity contribution in [3.8, 4) is 17.2 Å². The number of hydrogen-bond acceptors (Lipinski definition) is 6. The summed E-state index contributed by atoms with van der Waals surface area (Å²) >= 11 is 2.20. The summed E-state index contributed by atoms with van der Waals surface area (Å²) in [5, 5.41) is 0. The van der Waals surface area contributed by atoms with Gasteiger partial charge < -0.3 is 18.9 Å². The van der Waals surface area contributed by atoms with Crippen molar-refractivity contribution in [3.05, 3.63) is 56.8 Å². The van der Waals surface area contributed by atoms with E-state index in [0.29, 0.717) is 23.7 Å². The highest BCUT2D eigenvalue weighted by Crippen LogP contribution is 2.36. The number of hydrogen-bond donors (Lipinski definition) is 0. The molecule has 29 heavy (non-hydrogen) atoms. The summed E-state index contributed by atoms with van der Waals surface area (Å²) < 4.78 is 23.0. The van der Waals surface area contributed by atoms with Crippen LogP contribution < -0.4 is 14.2 Å². The van der Waals surface area contributed by atoms with Gasteiger partial charge in [0.05, 0.1) is 23.4 Å². The molecule has 1 heterocycles. The first-order chi connectivity index (χ1) is 13.9.